The highest BCUT2D eigenvalue weighted by Gasteiger charge is 2.60. The summed E-state index contributed by atoms with van der Waals surface area (Å²) in [6.45, 7) is 0.695. The van der Waals surface area contributed by atoms with Crippen molar-refractivity contribution in [1.82, 2.24) is 10.2 Å². The smallest absolute Gasteiger partial charge is 0.330 e. The number of carbonyl (C=O) groups excluding carboxylic acids is 1. The van der Waals surface area contributed by atoms with Gasteiger partial charge in [-0.05, 0) is 50.6 Å². The first-order chi connectivity index (χ1) is 8.91. The van der Waals surface area contributed by atoms with E-state index in [9.17, 15) is 18.0 Å². The van der Waals surface area contributed by atoms with Gasteiger partial charge in [-0.3, -0.25) is 4.79 Å². The van der Waals surface area contributed by atoms with Gasteiger partial charge < -0.3 is 10.2 Å². The second kappa shape index (κ2) is 4.36. The summed E-state index contributed by atoms with van der Waals surface area (Å²) in [4.78, 5) is 13.4. The molecule has 108 valence electrons. The molecule has 1 N–H and O–H groups in total. The van der Waals surface area contributed by atoms with Gasteiger partial charge >= 0.3 is 6.18 Å². The van der Waals surface area contributed by atoms with E-state index in [0.29, 0.717) is 0 Å². The Balaban J connectivity index is 1.65. The third-order valence-corrected chi connectivity index (χ3v) is 4.71. The first-order valence-corrected chi connectivity index (χ1v) is 6.99. The van der Waals surface area contributed by atoms with Gasteiger partial charge in [0.1, 0.15) is 6.54 Å². The van der Waals surface area contributed by atoms with Crippen LogP contribution in [-0.2, 0) is 4.79 Å². The number of alkyl halides is 3. The Bertz CT molecular complexity index is 373. The standard InChI is InChI=1S/C13H19F3N2O/c14-13(15,16)8-18(9-1-2-9)11(19)10-7-12(10)3-5-17-6-4-12/h9-10,17H,1-8H2. The van der Waals surface area contributed by atoms with E-state index in [1.165, 1.54) is 0 Å². The van der Waals surface area contributed by atoms with E-state index in [1.54, 1.807) is 0 Å². The number of piperidine rings is 1. The molecule has 1 heterocycles. The molecule has 2 aliphatic carbocycles. The summed E-state index contributed by atoms with van der Waals surface area (Å²) in [5, 5.41) is 3.24. The van der Waals surface area contributed by atoms with Crippen molar-refractivity contribution in [2.75, 3.05) is 19.6 Å². The van der Waals surface area contributed by atoms with Crippen LogP contribution in [0.15, 0.2) is 0 Å². The summed E-state index contributed by atoms with van der Waals surface area (Å²) < 4.78 is 37.7. The molecule has 1 saturated heterocycles. The number of amides is 1. The zero-order valence-electron chi connectivity index (χ0n) is 10.8. The number of hydrogen-bond donors (Lipinski definition) is 1. The maximum atomic E-state index is 12.6. The summed E-state index contributed by atoms with van der Waals surface area (Å²) in [5.41, 5.74) is 0.0150. The van der Waals surface area contributed by atoms with E-state index in [0.717, 1.165) is 50.1 Å². The van der Waals surface area contributed by atoms with Crippen molar-refractivity contribution in [2.45, 2.75) is 44.3 Å². The molecule has 2 saturated carbocycles. The van der Waals surface area contributed by atoms with Crippen molar-refractivity contribution >= 4 is 5.91 Å². The first kappa shape index (κ1) is 13.2. The maximum absolute atomic E-state index is 12.6. The molecule has 0 aromatic heterocycles. The van der Waals surface area contributed by atoms with Gasteiger partial charge in [0.15, 0.2) is 0 Å². The normalized spacial score (nSPS) is 29.3. The van der Waals surface area contributed by atoms with E-state index < -0.39 is 12.7 Å². The lowest BCUT2D eigenvalue weighted by Crippen LogP contribution is -2.42. The van der Waals surface area contributed by atoms with E-state index in [1.807, 2.05) is 0 Å². The summed E-state index contributed by atoms with van der Waals surface area (Å²) in [6, 6.07) is -0.159. The third-order valence-electron chi connectivity index (χ3n) is 4.71. The number of nitrogens with one attached hydrogen (secondary N) is 1. The molecule has 19 heavy (non-hydrogen) atoms. The molecule has 3 nitrogen and oxygen atoms in total. The molecule has 1 aliphatic heterocycles. The van der Waals surface area contributed by atoms with Crippen molar-refractivity contribution in [3.8, 4) is 0 Å². The van der Waals surface area contributed by atoms with Gasteiger partial charge in [0.2, 0.25) is 5.91 Å². The van der Waals surface area contributed by atoms with Crippen LogP contribution in [0.4, 0.5) is 13.2 Å². The van der Waals surface area contributed by atoms with Crippen molar-refractivity contribution in [3.63, 3.8) is 0 Å². The number of nitrogens with zero attached hydrogens (tertiary/aromatic N) is 1. The summed E-state index contributed by atoms with van der Waals surface area (Å²) in [6.07, 6.45) is -0.197. The lowest BCUT2D eigenvalue weighted by atomic mass is 9.91. The number of hydrogen-bond acceptors (Lipinski definition) is 2. The zero-order chi connectivity index (χ0) is 13.7. The SMILES string of the molecule is O=C(C1CC12CCNCC2)N(CC(F)(F)F)C1CC1. The zero-order valence-corrected chi connectivity index (χ0v) is 10.8. The van der Waals surface area contributed by atoms with Crippen LogP contribution in [0.25, 0.3) is 0 Å². The Morgan fingerprint density at radius 2 is 1.89 bits per heavy atom. The maximum Gasteiger partial charge on any atom is 0.406 e. The highest BCUT2D eigenvalue weighted by molar-refractivity contribution is 5.83. The predicted octanol–water partition coefficient (Wildman–Crippen LogP) is 1.93. The van der Waals surface area contributed by atoms with Gasteiger partial charge in [0.25, 0.3) is 0 Å². The molecule has 1 unspecified atom stereocenters. The van der Waals surface area contributed by atoms with Crippen LogP contribution >= 0.6 is 0 Å². The molecule has 3 rings (SSSR count). The van der Waals surface area contributed by atoms with Crippen LogP contribution in [0.2, 0.25) is 0 Å². The molecule has 0 aromatic carbocycles. The van der Waals surface area contributed by atoms with Gasteiger partial charge in [-0.1, -0.05) is 0 Å². The highest BCUT2D eigenvalue weighted by Crippen LogP contribution is 2.59. The Morgan fingerprint density at radius 1 is 1.26 bits per heavy atom. The summed E-state index contributed by atoms with van der Waals surface area (Å²) >= 11 is 0. The van der Waals surface area contributed by atoms with Gasteiger partial charge in [0, 0.05) is 12.0 Å². The number of carbonyl (C=O) groups is 1. The Morgan fingerprint density at radius 3 is 2.42 bits per heavy atom. The van der Waals surface area contributed by atoms with Crippen LogP contribution in [0.5, 0.6) is 0 Å². The molecule has 0 aromatic rings. The average Bonchev–Trinajstić information content (AvgIpc) is 3.22. The quantitative estimate of drug-likeness (QED) is 0.854. The van der Waals surface area contributed by atoms with Crippen LogP contribution in [0.1, 0.15) is 32.1 Å². The predicted molar refractivity (Wildman–Crippen MR) is 63.4 cm³/mol. The Hall–Kier alpha value is -0.780. The van der Waals surface area contributed by atoms with Crippen LogP contribution in [-0.4, -0.2) is 42.7 Å². The Kier molecular flexibility index (Phi) is 3.04. The minimum absolute atomic E-state index is 0.0150. The topological polar surface area (TPSA) is 32.3 Å². The fourth-order valence-corrected chi connectivity index (χ4v) is 3.34. The van der Waals surface area contributed by atoms with Gasteiger partial charge in [-0.2, -0.15) is 13.2 Å². The van der Waals surface area contributed by atoms with Gasteiger partial charge in [-0.25, -0.2) is 0 Å². The van der Waals surface area contributed by atoms with E-state index in [2.05, 4.69) is 5.32 Å². The minimum Gasteiger partial charge on any atom is -0.330 e. The molecule has 0 radical (unpaired) electrons. The van der Waals surface area contributed by atoms with Crippen LogP contribution < -0.4 is 5.32 Å². The second-order valence-electron chi connectivity index (χ2n) is 6.18. The fraction of sp³-hybridized carbons (Fsp3) is 0.923. The highest BCUT2D eigenvalue weighted by atomic mass is 19.4. The number of rotatable bonds is 3. The molecule has 3 fully saturated rings. The summed E-state index contributed by atoms with van der Waals surface area (Å²) in [5.74, 6) is -0.403. The fourth-order valence-electron chi connectivity index (χ4n) is 3.34. The minimum atomic E-state index is -4.28. The second-order valence-corrected chi connectivity index (χ2v) is 6.18. The van der Waals surface area contributed by atoms with Crippen LogP contribution in [0, 0.1) is 11.3 Å². The molecule has 6 heteroatoms. The van der Waals surface area contributed by atoms with Crippen molar-refractivity contribution in [1.29, 1.82) is 0 Å². The Labute approximate surface area is 110 Å². The van der Waals surface area contributed by atoms with Crippen LogP contribution in [0.3, 0.4) is 0 Å². The first-order valence-electron chi connectivity index (χ1n) is 6.99. The van der Waals surface area contributed by atoms with Crippen molar-refractivity contribution in [3.05, 3.63) is 0 Å². The molecule has 0 bridgehead atoms. The molecule has 3 aliphatic rings. The monoisotopic (exact) mass is 276 g/mol. The molecular weight excluding hydrogens is 257 g/mol. The average molecular weight is 276 g/mol. The van der Waals surface area contributed by atoms with Gasteiger partial charge in [-0.15, -0.1) is 0 Å². The van der Waals surface area contributed by atoms with E-state index in [-0.39, 0.29) is 23.3 Å². The van der Waals surface area contributed by atoms with Crippen molar-refractivity contribution in [2.24, 2.45) is 11.3 Å². The molecule has 1 amide bonds. The van der Waals surface area contributed by atoms with Crippen molar-refractivity contribution < 1.29 is 18.0 Å². The lowest BCUT2D eigenvalue weighted by molar-refractivity contribution is -0.163. The lowest BCUT2D eigenvalue weighted by Gasteiger charge is -2.27. The molecule has 1 atom stereocenters. The third kappa shape index (κ3) is 2.73. The molecular formula is C13H19F3N2O. The van der Waals surface area contributed by atoms with E-state index >= 15 is 0 Å². The van der Waals surface area contributed by atoms with Gasteiger partial charge in [0.05, 0.1) is 0 Å². The largest absolute Gasteiger partial charge is 0.406 e. The molecule has 1 spiro atoms. The van der Waals surface area contributed by atoms with E-state index in [4.69, 9.17) is 0 Å². The summed E-state index contributed by atoms with van der Waals surface area (Å²) in [7, 11) is 0. The number of halogens is 3.